The lowest BCUT2D eigenvalue weighted by Crippen LogP contribution is -2.27. The summed E-state index contributed by atoms with van der Waals surface area (Å²) in [5, 5.41) is 13.3. The summed E-state index contributed by atoms with van der Waals surface area (Å²) >= 11 is 0. The first kappa shape index (κ1) is 10.6. The fourth-order valence-corrected chi connectivity index (χ4v) is 2.21. The Morgan fingerprint density at radius 1 is 1.46 bits per heavy atom. The molecule has 76 valence electrons. The van der Waals surface area contributed by atoms with Gasteiger partial charge in [0.2, 0.25) is 0 Å². The van der Waals surface area contributed by atoms with E-state index < -0.39 is 0 Å². The monoisotopic (exact) mass is 186 g/mol. The highest BCUT2D eigenvalue weighted by atomic mass is 16.5. The van der Waals surface area contributed by atoms with Gasteiger partial charge in [-0.15, -0.1) is 0 Å². The van der Waals surface area contributed by atoms with E-state index in [1.54, 1.807) is 7.05 Å². The van der Waals surface area contributed by atoms with Gasteiger partial charge in [-0.2, -0.15) is 9.97 Å². The van der Waals surface area contributed by atoms with Gasteiger partial charge in [-0.05, 0) is 31.1 Å². The summed E-state index contributed by atoms with van der Waals surface area (Å²) in [6.45, 7) is 1.17. The van der Waals surface area contributed by atoms with E-state index in [9.17, 15) is 4.91 Å². The molecule has 1 N–H and O–H groups in total. The summed E-state index contributed by atoms with van der Waals surface area (Å²) in [5.41, 5.74) is 0. The fourth-order valence-electron chi connectivity index (χ4n) is 2.21. The Morgan fingerprint density at radius 3 is 2.77 bits per heavy atom. The third kappa shape index (κ3) is 3.83. The SMILES string of the molecule is CN(O)CC1CCCC(CN=O)C1. The molecular formula is C9H18N2O2. The van der Waals surface area contributed by atoms with Crippen LogP contribution in [0.5, 0.6) is 0 Å². The van der Waals surface area contributed by atoms with Gasteiger partial charge < -0.3 is 5.21 Å². The number of nitrogens with zero attached hydrogens (tertiary/aromatic N) is 2. The van der Waals surface area contributed by atoms with Crippen molar-refractivity contribution < 1.29 is 5.21 Å². The minimum absolute atomic E-state index is 0.450. The van der Waals surface area contributed by atoms with Crippen LogP contribution in [0, 0.1) is 16.7 Å². The number of rotatable bonds is 4. The van der Waals surface area contributed by atoms with E-state index in [0.717, 1.165) is 19.4 Å². The standard InChI is InChI=1S/C9H18N2O2/c1-11(13)7-9-4-2-3-8(5-9)6-10-12/h8-9,13H,2-7H2,1H3. The fraction of sp³-hybridized carbons (Fsp3) is 1.00. The van der Waals surface area contributed by atoms with Gasteiger partial charge in [-0.1, -0.05) is 11.6 Å². The Labute approximate surface area is 78.9 Å². The van der Waals surface area contributed by atoms with Crippen molar-refractivity contribution >= 4 is 0 Å². The molecule has 1 saturated carbocycles. The minimum atomic E-state index is 0.450. The van der Waals surface area contributed by atoms with E-state index in [2.05, 4.69) is 5.18 Å². The summed E-state index contributed by atoms with van der Waals surface area (Å²) in [7, 11) is 1.67. The Morgan fingerprint density at radius 2 is 2.15 bits per heavy atom. The molecule has 0 radical (unpaired) electrons. The molecule has 1 fully saturated rings. The molecule has 2 unspecified atom stereocenters. The summed E-state index contributed by atoms with van der Waals surface area (Å²) in [5.74, 6) is 0.992. The molecule has 0 saturated heterocycles. The van der Waals surface area contributed by atoms with Gasteiger partial charge in [-0.3, -0.25) is 0 Å². The molecule has 0 aromatic carbocycles. The molecule has 0 heterocycles. The van der Waals surface area contributed by atoms with Crippen molar-refractivity contribution in [3.05, 3.63) is 4.91 Å². The van der Waals surface area contributed by atoms with E-state index in [-0.39, 0.29) is 0 Å². The lowest BCUT2D eigenvalue weighted by molar-refractivity contribution is -0.0806. The topological polar surface area (TPSA) is 52.9 Å². The van der Waals surface area contributed by atoms with Gasteiger partial charge in [0.05, 0.1) is 6.54 Å². The predicted molar refractivity (Wildman–Crippen MR) is 50.5 cm³/mol. The van der Waals surface area contributed by atoms with Gasteiger partial charge >= 0.3 is 0 Å². The van der Waals surface area contributed by atoms with Crippen LogP contribution in [0.4, 0.5) is 0 Å². The molecular weight excluding hydrogens is 168 g/mol. The van der Waals surface area contributed by atoms with Crippen LogP contribution in [-0.4, -0.2) is 30.4 Å². The van der Waals surface area contributed by atoms with Crippen LogP contribution >= 0.6 is 0 Å². The second-order valence-electron chi connectivity index (χ2n) is 4.05. The normalized spacial score (nSPS) is 29.2. The lowest BCUT2D eigenvalue weighted by atomic mass is 9.81. The molecule has 1 aliphatic rings. The van der Waals surface area contributed by atoms with E-state index in [4.69, 9.17) is 5.21 Å². The summed E-state index contributed by atoms with van der Waals surface area (Å²) in [4.78, 5) is 10.1. The van der Waals surface area contributed by atoms with Crippen LogP contribution in [0.15, 0.2) is 5.18 Å². The first-order valence-corrected chi connectivity index (χ1v) is 4.91. The number of hydroxylamine groups is 2. The lowest BCUT2D eigenvalue weighted by Gasteiger charge is -2.28. The van der Waals surface area contributed by atoms with Gasteiger partial charge in [0.1, 0.15) is 0 Å². The van der Waals surface area contributed by atoms with Crippen LogP contribution in [0.1, 0.15) is 25.7 Å². The van der Waals surface area contributed by atoms with Crippen molar-refractivity contribution in [2.75, 3.05) is 20.1 Å². The highest BCUT2D eigenvalue weighted by Crippen LogP contribution is 2.29. The van der Waals surface area contributed by atoms with Crippen LogP contribution in [0.3, 0.4) is 0 Å². The Balaban J connectivity index is 2.28. The molecule has 0 bridgehead atoms. The highest BCUT2D eigenvalue weighted by molar-refractivity contribution is 4.75. The summed E-state index contributed by atoms with van der Waals surface area (Å²) in [6.07, 6.45) is 4.49. The molecule has 1 aliphatic carbocycles. The average molecular weight is 186 g/mol. The quantitative estimate of drug-likeness (QED) is 0.538. The van der Waals surface area contributed by atoms with Crippen LogP contribution in [0.2, 0.25) is 0 Å². The van der Waals surface area contributed by atoms with Gasteiger partial charge in [0.15, 0.2) is 0 Å². The molecule has 4 nitrogen and oxygen atoms in total. The molecule has 13 heavy (non-hydrogen) atoms. The van der Waals surface area contributed by atoms with E-state index in [1.165, 1.54) is 17.9 Å². The highest BCUT2D eigenvalue weighted by Gasteiger charge is 2.22. The molecule has 4 heteroatoms. The van der Waals surface area contributed by atoms with Gasteiger partial charge in [0.25, 0.3) is 0 Å². The zero-order chi connectivity index (χ0) is 9.68. The predicted octanol–water partition coefficient (Wildman–Crippen LogP) is 1.88. The summed E-state index contributed by atoms with van der Waals surface area (Å²) < 4.78 is 0. The molecule has 2 atom stereocenters. The molecule has 0 aromatic heterocycles. The largest absolute Gasteiger partial charge is 0.314 e. The third-order valence-corrected chi connectivity index (χ3v) is 2.75. The molecule has 0 aromatic rings. The van der Waals surface area contributed by atoms with Crippen molar-refractivity contribution in [3.8, 4) is 0 Å². The Bertz CT molecular complexity index is 162. The zero-order valence-corrected chi connectivity index (χ0v) is 8.15. The van der Waals surface area contributed by atoms with Gasteiger partial charge in [0, 0.05) is 13.6 Å². The van der Waals surface area contributed by atoms with Gasteiger partial charge in [-0.25, -0.2) is 0 Å². The van der Waals surface area contributed by atoms with Crippen LogP contribution in [-0.2, 0) is 0 Å². The number of hydrogen-bond donors (Lipinski definition) is 1. The van der Waals surface area contributed by atoms with Crippen molar-refractivity contribution in [1.82, 2.24) is 5.06 Å². The maximum atomic E-state index is 10.1. The Kier molecular flexibility index (Phi) is 4.32. The maximum Gasteiger partial charge on any atom is 0.0839 e. The van der Waals surface area contributed by atoms with Crippen molar-refractivity contribution in [2.45, 2.75) is 25.7 Å². The minimum Gasteiger partial charge on any atom is -0.314 e. The molecule has 0 spiro atoms. The first-order chi connectivity index (χ1) is 6.22. The molecule has 0 amide bonds. The second kappa shape index (κ2) is 5.29. The van der Waals surface area contributed by atoms with E-state index >= 15 is 0 Å². The smallest absolute Gasteiger partial charge is 0.0839 e. The average Bonchev–Trinajstić information content (AvgIpc) is 2.04. The number of nitroso groups, excluding NO2 is 1. The van der Waals surface area contributed by atoms with Crippen molar-refractivity contribution in [2.24, 2.45) is 17.0 Å². The summed E-state index contributed by atoms with van der Waals surface area (Å²) in [6, 6.07) is 0. The number of hydrogen-bond acceptors (Lipinski definition) is 4. The second-order valence-corrected chi connectivity index (χ2v) is 4.05. The Hall–Kier alpha value is -0.480. The van der Waals surface area contributed by atoms with Crippen molar-refractivity contribution in [1.29, 1.82) is 0 Å². The zero-order valence-electron chi connectivity index (χ0n) is 8.15. The van der Waals surface area contributed by atoms with E-state index in [0.29, 0.717) is 18.4 Å². The first-order valence-electron chi connectivity index (χ1n) is 4.91. The molecule has 1 rings (SSSR count). The van der Waals surface area contributed by atoms with Crippen LogP contribution in [0.25, 0.3) is 0 Å². The van der Waals surface area contributed by atoms with E-state index in [1.807, 2.05) is 0 Å². The third-order valence-electron chi connectivity index (χ3n) is 2.75. The molecule has 0 aliphatic heterocycles. The van der Waals surface area contributed by atoms with Crippen molar-refractivity contribution in [3.63, 3.8) is 0 Å². The van der Waals surface area contributed by atoms with Crippen LogP contribution < -0.4 is 0 Å². The maximum absolute atomic E-state index is 10.1.